The van der Waals surface area contributed by atoms with Gasteiger partial charge >= 0.3 is 0 Å². The molecule has 2 rings (SSSR count). The number of aromatic nitrogens is 2. The minimum absolute atomic E-state index is 0.536. The summed E-state index contributed by atoms with van der Waals surface area (Å²) >= 11 is 0. The van der Waals surface area contributed by atoms with Crippen LogP contribution in [0.5, 0.6) is 0 Å². The van der Waals surface area contributed by atoms with Crippen molar-refractivity contribution < 1.29 is 0 Å². The van der Waals surface area contributed by atoms with E-state index in [0.29, 0.717) is 6.04 Å². The summed E-state index contributed by atoms with van der Waals surface area (Å²) in [7, 11) is 0. The number of nitrogens with one attached hydrogen (secondary N) is 2. The number of hydrogen-bond acceptors (Lipinski definition) is 2. The van der Waals surface area contributed by atoms with Crippen molar-refractivity contribution in [2.24, 2.45) is 0 Å². The van der Waals surface area contributed by atoms with Gasteiger partial charge in [0.25, 0.3) is 0 Å². The van der Waals surface area contributed by atoms with Crippen molar-refractivity contribution in [2.75, 3.05) is 0 Å². The van der Waals surface area contributed by atoms with Crippen LogP contribution >= 0.6 is 0 Å². The predicted molar refractivity (Wildman–Crippen MR) is 52.6 cm³/mol. The van der Waals surface area contributed by atoms with E-state index in [0.717, 1.165) is 6.54 Å². The van der Waals surface area contributed by atoms with Gasteiger partial charge in [0.2, 0.25) is 0 Å². The van der Waals surface area contributed by atoms with Crippen LogP contribution < -0.4 is 5.32 Å². The Labute approximate surface area is 78.9 Å². The van der Waals surface area contributed by atoms with Gasteiger partial charge in [-0.15, -0.1) is 0 Å². The number of rotatable bonds is 3. The number of fused-ring (bicyclic) bond motifs is 1. The zero-order valence-corrected chi connectivity index (χ0v) is 8.35. The third kappa shape index (κ3) is 1.75. The van der Waals surface area contributed by atoms with Crippen molar-refractivity contribution in [3.05, 3.63) is 17.0 Å². The molecule has 1 aliphatic rings. The van der Waals surface area contributed by atoms with Crippen LogP contribution in [0.15, 0.2) is 0 Å². The summed E-state index contributed by atoms with van der Waals surface area (Å²) < 4.78 is 0. The summed E-state index contributed by atoms with van der Waals surface area (Å²) in [5.41, 5.74) is 4.05. The molecule has 0 saturated heterocycles. The van der Waals surface area contributed by atoms with Gasteiger partial charge in [0.1, 0.15) is 0 Å². The van der Waals surface area contributed by atoms with E-state index in [2.05, 4.69) is 29.4 Å². The van der Waals surface area contributed by atoms with Gasteiger partial charge in [-0.2, -0.15) is 5.10 Å². The molecule has 2 N–H and O–H groups in total. The third-order valence-electron chi connectivity index (χ3n) is 2.57. The van der Waals surface area contributed by atoms with Crippen molar-refractivity contribution >= 4 is 0 Å². The molecule has 13 heavy (non-hydrogen) atoms. The van der Waals surface area contributed by atoms with E-state index in [1.54, 1.807) is 0 Å². The molecule has 1 aliphatic carbocycles. The van der Waals surface area contributed by atoms with E-state index >= 15 is 0 Å². The van der Waals surface area contributed by atoms with Crippen LogP contribution in [0.25, 0.3) is 0 Å². The SMILES string of the molecule is CC(C)NCc1n[nH]c2c1CCC2. The van der Waals surface area contributed by atoms with Crippen LogP contribution in [0.2, 0.25) is 0 Å². The zero-order valence-electron chi connectivity index (χ0n) is 8.35. The number of aromatic amines is 1. The van der Waals surface area contributed by atoms with E-state index in [-0.39, 0.29) is 0 Å². The van der Waals surface area contributed by atoms with Gasteiger partial charge in [0.15, 0.2) is 0 Å². The van der Waals surface area contributed by atoms with Crippen LogP contribution in [-0.4, -0.2) is 16.2 Å². The molecule has 1 aromatic rings. The molecule has 1 aromatic heterocycles. The molecule has 0 amide bonds. The molecule has 0 saturated carbocycles. The smallest absolute Gasteiger partial charge is 0.0794 e. The maximum atomic E-state index is 4.32. The predicted octanol–water partition coefficient (Wildman–Crippen LogP) is 1.40. The fourth-order valence-electron chi connectivity index (χ4n) is 1.84. The Kier molecular flexibility index (Phi) is 2.36. The molecule has 0 bridgehead atoms. The Bertz CT molecular complexity index is 288. The fraction of sp³-hybridized carbons (Fsp3) is 0.700. The van der Waals surface area contributed by atoms with Crippen molar-refractivity contribution in [1.82, 2.24) is 15.5 Å². The van der Waals surface area contributed by atoms with E-state index in [4.69, 9.17) is 0 Å². The molecule has 0 atom stereocenters. The quantitative estimate of drug-likeness (QED) is 0.736. The summed E-state index contributed by atoms with van der Waals surface area (Å²) in [5, 5.41) is 10.8. The topological polar surface area (TPSA) is 40.7 Å². The van der Waals surface area contributed by atoms with Crippen LogP contribution in [0.4, 0.5) is 0 Å². The average molecular weight is 179 g/mol. The van der Waals surface area contributed by atoms with Crippen LogP contribution in [-0.2, 0) is 19.4 Å². The van der Waals surface area contributed by atoms with Crippen LogP contribution in [0.3, 0.4) is 0 Å². The van der Waals surface area contributed by atoms with Crippen molar-refractivity contribution in [2.45, 2.75) is 45.7 Å². The number of nitrogens with zero attached hydrogens (tertiary/aromatic N) is 1. The molecule has 0 aliphatic heterocycles. The summed E-state index contributed by atoms with van der Waals surface area (Å²) in [5.74, 6) is 0. The van der Waals surface area contributed by atoms with E-state index in [1.165, 1.54) is 36.2 Å². The van der Waals surface area contributed by atoms with Gasteiger partial charge in [-0.25, -0.2) is 0 Å². The Morgan fingerprint density at radius 1 is 1.46 bits per heavy atom. The first-order valence-corrected chi connectivity index (χ1v) is 5.05. The number of H-pyrrole nitrogens is 1. The molecular formula is C10H17N3. The fourth-order valence-corrected chi connectivity index (χ4v) is 1.84. The highest BCUT2D eigenvalue weighted by molar-refractivity contribution is 5.29. The largest absolute Gasteiger partial charge is 0.309 e. The Morgan fingerprint density at radius 3 is 3.08 bits per heavy atom. The lowest BCUT2D eigenvalue weighted by molar-refractivity contribution is 0.577. The van der Waals surface area contributed by atoms with Crippen LogP contribution in [0.1, 0.15) is 37.2 Å². The van der Waals surface area contributed by atoms with Crippen molar-refractivity contribution in [3.8, 4) is 0 Å². The number of hydrogen-bond donors (Lipinski definition) is 2. The highest BCUT2D eigenvalue weighted by Gasteiger charge is 2.17. The minimum Gasteiger partial charge on any atom is -0.309 e. The zero-order chi connectivity index (χ0) is 9.26. The molecular weight excluding hydrogens is 162 g/mol. The van der Waals surface area contributed by atoms with E-state index in [9.17, 15) is 0 Å². The summed E-state index contributed by atoms with van der Waals surface area (Å²) in [6, 6.07) is 0.536. The maximum absolute atomic E-state index is 4.32. The molecule has 0 spiro atoms. The number of aryl methyl sites for hydroxylation is 1. The summed E-state index contributed by atoms with van der Waals surface area (Å²) in [4.78, 5) is 0. The van der Waals surface area contributed by atoms with Crippen LogP contribution in [0, 0.1) is 0 Å². The first-order valence-electron chi connectivity index (χ1n) is 5.05. The van der Waals surface area contributed by atoms with Gasteiger partial charge < -0.3 is 5.32 Å². The van der Waals surface area contributed by atoms with E-state index in [1.807, 2.05) is 0 Å². The lowest BCUT2D eigenvalue weighted by Gasteiger charge is -2.06. The lowest BCUT2D eigenvalue weighted by Crippen LogP contribution is -2.22. The lowest BCUT2D eigenvalue weighted by atomic mass is 10.2. The molecule has 0 radical (unpaired) electrons. The summed E-state index contributed by atoms with van der Waals surface area (Å²) in [6.45, 7) is 5.23. The van der Waals surface area contributed by atoms with Gasteiger partial charge in [-0.1, -0.05) is 13.8 Å². The molecule has 0 unspecified atom stereocenters. The van der Waals surface area contributed by atoms with Crippen molar-refractivity contribution in [1.29, 1.82) is 0 Å². The standard InChI is InChI=1S/C10H17N3/c1-7(2)11-6-10-8-4-3-5-9(8)12-13-10/h7,11H,3-6H2,1-2H3,(H,12,13). The van der Waals surface area contributed by atoms with Gasteiger partial charge in [-0.3, -0.25) is 5.10 Å². The highest BCUT2D eigenvalue weighted by Crippen LogP contribution is 2.22. The Morgan fingerprint density at radius 2 is 2.31 bits per heavy atom. The highest BCUT2D eigenvalue weighted by atomic mass is 15.1. The van der Waals surface area contributed by atoms with Gasteiger partial charge in [0, 0.05) is 18.3 Å². The third-order valence-corrected chi connectivity index (χ3v) is 2.57. The Balaban J connectivity index is 2.04. The molecule has 1 heterocycles. The second kappa shape index (κ2) is 3.50. The first-order chi connectivity index (χ1) is 6.27. The maximum Gasteiger partial charge on any atom is 0.0794 e. The molecule has 0 aromatic carbocycles. The second-order valence-corrected chi connectivity index (χ2v) is 4.02. The molecule has 72 valence electrons. The van der Waals surface area contributed by atoms with Gasteiger partial charge in [0.05, 0.1) is 5.69 Å². The first kappa shape index (κ1) is 8.75. The van der Waals surface area contributed by atoms with Crippen molar-refractivity contribution in [3.63, 3.8) is 0 Å². The second-order valence-electron chi connectivity index (χ2n) is 4.02. The summed E-state index contributed by atoms with van der Waals surface area (Å²) in [6.07, 6.45) is 3.68. The monoisotopic (exact) mass is 179 g/mol. The molecule has 0 fully saturated rings. The minimum atomic E-state index is 0.536. The van der Waals surface area contributed by atoms with E-state index < -0.39 is 0 Å². The normalized spacial score (nSPS) is 15.3. The Hall–Kier alpha value is -0.830. The molecule has 3 heteroatoms. The van der Waals surface area contributed by atoms with Gasteiger partial charge in [-0.05, 0) is 24.8 Å². The molecule has 3 nitrogen and oxygen atoms in total. The average Bonchev–Trinajstić information content (AvgIpc) is 2.60.